The van der Waals surface area contributed by atoms with Crippen molar-refractivity contribution in [3.05, 3.63) is 35.1 Å². The lowest BCUT2D eigenvalue weighted by Crippen LogP contribution is -2.22. The topological polar surface area (TPSA) is 26.0 Å². The molecule has 0 heterocycles. The molecule has 0 spiro atoms. The second-order valence-corrected chi connectivity index (χ2v) is 3.07. The number of benzene rings is 1. The van der Waals surface area contributed by atoms with Crippen LogP contribution < -0.4 is 5.73 Å². The average Bonchev–Trinajstić information content (AvgIpc) is 2.15. The first-order valence-corrected chi connectivity index (χ1v) is 4.14. The van der Waals surface area contributed by atoms with Gasteiger partial charge in [-0.15, -0.1) is 0 Å². The van der Waals surface area contributed by atoms with E-state index in [9.17, 15) is 26.3 Å². The summed E-state index contributed by atoms with van der Waals surface area (Å²) < 4.78 is 74.2. The molecule has 0 aliphatic rings. The second-order valence-electron chi connectivity index (χ2n) is 3.07. The first-order valence-electron chi connectivity index (χ1n) is 4.14. The lowest BCUT2D eigenvalue weighted by atomic mass is 10.0. The molecule has 0 aromatic heterocycles. The van der Waals surface area contributed by atoms with Gasteiger partial charge in [-0.25, -0.2) is 13.2 Å². The Bertz CT molecular complexity index is 373. The Balaban J connectivity index is 3.24. The van der Waals surface area contributed by atoms with E-state index >= 15 is 0 Å². The average molecular weight is 243 g/mol. The van der Waals surface area contributed by atoms with Crippen LogP contribution in [0.4, 0.5) is 26.3 Å². The van der Waals surface area contributed by atoms with Crippen LogP contribution in [0.25, 0.3) is 0 Å². The smallest absolute Gasteiger partial charge is 0.319 e. The Morgan fingerprint density at radius 1 is 1.12 bits per heavy atom. The van der Waals surface area contributed by atoms with Crippen molar-refractivity contribution in [2.45, 2.75) is 18.6 Å². The molecule has 2 N–H and O–H groups in total. The molecule has 1 rings (SSSR count). The Kier molecular flexibility index (Phi) is 3.47. The number of nitrogens with two attached hydrogens (primary N) is 1. The zero-order valence-corrected chi connectivity index (χ0v) is 7.73. The lowest BCUT2D eigenvalue weighted by molar-refractivity contribution is -0.140. The zero-order chi connectivity index (χ0) is 12.5. The predicted octanol–water partition coefficient (Wildman–Crippen LogP) is 3.11. The van der Waals surface area contributed by atoms with Crippen LogP contribution in [-0.2, 0) is 6.18 Å². The van der Waals surface area contributed by atoms with Crippen LogP contribution in [0.2, 0.25) is 0 Å². The highest BCUT2D eigenvalue weighted by atomic mass is 19.4. The Morgan fingerprint density at radius 3 is 2.12 bits per heavy atom. The third-order valence-corrected chi connectivity index (χ3v) is 1.96. The molecule has 0 aliphatic heterocycles. The van der Waals surface area contributed by atoms with Crippen LogP contribution in [-0.4, -0.2) is 6.43 Å². The third kappa shape index (κ3) is 2.46. The Morgan fingerprint density at radius 2 is 1.69 bits per heavy atom. The molecule has 1 aromatic carbocycles. The fraction of sp³-hybridized carbons (Fsp3) is 0.333. The molecule has 0 amide bonds. The van der Waals surface area contributed by atoms with Crippen molar-refractivity contribution in [1.29, 1.82) is 0 Å². The maximum Gasteiger partial charge on any atom is 0.419 e. The molecular weight excluding hydrogens is 236 g/mol. The minimum absolute atomic E-state index is 0.469. The summed E-state index contributed by atoms with van der Waals surface area (Å²) in [6.45, 7) is 0. The summed E-state index contributed by atoms with van der Waals surface area (Å²) in [7, 11) is 0. The van der Waals surface area contributed by atoms with Crippen LogP contribution in [0.3, 0.4) is 0 Å². The molecule has 0 radical (unpaired) electrons. The first-order chi connectivity index (χ1) is 7.25. The molecule has 90 valence electrons. The van der Waals surface area contributed by atoms with E-state index in [4.69, 9.17) is 5.73 Å². The number of hydrogen-bond donors (Lipinski definition) is 1. The van der Waals surface area contributed by atoms with Gasteiger partial charge in [0.25, 0.3) is 6.43 Å². The van der Waals surface area contributed by atoms with Gasteiger partial charge in [-0.3, -0.25) is 0 Å². The molecule has 0 saturated heterocycles. The highest BCUT2D eigenvalue weighted by Gasteiger charge is 2.36. The second kappa shape index (κ2) is 4.32. The highest BCUT2D eigenvalue weighted by molar-refractivity contribution is 5.30. The Hall–Kier alpha value is -1.24. The quantitative estimate of drug-likeness (QED) is 0.793. The lowest BCUT2D eigenvalue weighted by Gasteiger charge is -2.15. The molecule has 0 bridgehead atoms. The monoisotopic (exact) mass is 243 g/mol. The molecule has 0 fully saturated rings. The number of hydrogen-bond acceptors (Lipinski definition) is 1. The summed E-state index contributed by atoms with van der Waals surface area (Å²) in [6, 6.07) is 0.0457. The van der Waals surface area contributed by atoms with E-state index in [0.717, 1.165) is 12.1 Å². The minimum atomic E-state index is -4.93. The summed E-state index contributed by atoms with van der Waals surface area (Å²) in [4.78, 5) is 0. The summed E-state index contributed by atoms with van der Waals surface area (Å²) in [6.07, 6.45) is -8.06. The van der Waals surface area contributed by atoms with Crippen molar-refractivity contribution < 1.29 is 26.3 Å². The van der Waals surface area contributed by atoms with Crippen LogP contribution >= 0.6 is 0 Å². The van der Waals surface area contributed by atoms with Gasteiger partial charge in [0.15, 0.2) is 0 Å². The minimum Gasteiger partial charge on any atom is -0.319 e. The van der Waals surface area contributed by atoms with E-state index in [0.29, 0.717) is 6.07 Å². The van der Waals surface area contributed by atoms with Gasteiger partial charge in [0.1, 0.15) is 5.82 Å². The molecule has 1 unspecified atom stereocenters. The van der Waals surface area contributed by atoms with Gasteiger partial charge in [-0.1, -0.05) is 12.1 Å². The van der Waals surface area contributed by atoms with E-state index in [2.05, 4.69) is 0 Å². The van der Waals surface area contributed by atoms with Crippen LogP contribution in [0.15, 0.2) is 18.2 Å². The van der Waals surface area contributed by atoms with Gasteiger partial charge in [0.05, 0.1) is 11.6 Å². The van der Waals surface area contributed by atoms with Crippen molar-refractivity contribution in [1.82, 2.24) is 0 Å². The number of halogens is 6. The number of rotatable bonds is 2. The summed E-state index contributed by atoms with van der Waals surface area (Å²) in [5.74, 6) is -1.75. The SMILES string of the molecule is NC(c1cccc(C(F)(F)F)c1F)C(F)F. The predicted molar refractivity (Wildman–Crippen MR) is 44.3 cm³/mol. The molecule has 1 aromatic rings. The molecule has 0 saturated carbocycles. The maximum absolute atomic E-state index is 13.2. The van der Waals surface area contributed by atoms with Crippen molar-refractivity contribution in [2.24, 2.45) is 5.73 Å². The summed E-state index contributed by atoms with van der Waals surface area (Å²) >= 11 is 0. The van der Waals surface area contributed by atoms with E-state index in [1.165, 1.54) is 0 Å². The van der Waals surface area contributed by atoms with Crippen LogP contribution in [0.1, 0.15) is 17.2 Å². The summed E-state index contributed by atoms with van der Waals surface area (Å²) in [5.41, 5.74) is 2.45. The van der Waals surface area contributed by atoms with E-state index in [1.807, 2.05) is 0 Å². The van der Waals surface area contributed by atoms with Crippen LogP contribution in [0.5, 0.6) is 0 Å². The van der Waals surface area contributed by atoms with Crippen LogP contribution in [0, 0.1) is 5.82 Å². The molecule has 7 heteroatoms. The molecule has 1 nitrogen and oxygen atoms in total. The van der Waals surface area contributed by atoms with Crippen molar-refractivity contribution >= 4 is 0 Å². The van der Waals surface area contributed by atoms with E-state index in [1.54, 1.807) is 0 Å². The molecule has 16 heavy (non-hydrogen) atoms. The van der Waals surface area contributed by atoms with Gasteiger partial charge in [0.2, 0.25) is 0 Å². The van der Waals surface area contributed by atoms with Crippen molar-refractivity contribution in [3.8, 4) is 0 Å². The van der Waals surface area contributed by atoms with Gasteiger partial charge < -0.3 is 5.73 Å². The largest absolute Gasteiger partial charge is 0.419 e. The number of alkyl halides is 5. The fourth-order valence-electron chi connectivity index (χ4n) is 1.16. The van der Waals surface area contributed by atoms with Gasteiger partial charge in [0, 0.05) is 5.56 Å². The molecular formula is C9H7F6N. The maximum atomic E-state index is 13.2. The third-order valence-electron chi connectivity index (χ3n) is 1.96. The van der Waals surface area contributed by atoms with Crippen molar-refractivity contribution in [2.75, 3.05) is 0 Å². The fourth-order valence-corrected chi connectivity index (χ4v) is 1.16. The highest BCUT2D eigenvalue weighted by Crippen LogP contribution is 2.34. The molecule has 1 atom stereocenters. The van der Waals surface area contributed by atoms with Crippen molar-refractivity contribution in [3.63, 3.8) is 0 Å². The summed E-state index contributed by atoms with van der Waals surface area (Å²) in [5, 5.41) is 0. The first kappa shape index (κ1) is 12.8. The molecule has 0 aliphatic carbocycles. The Labute approximate surface area is 86.9 Å². The normalized spacial score (nSPS) is 14.2. The van der Waals surface area contributed by atoms with E-state index < -0.39 is 35.6 Å². The standard InChI is InChI=1S/C9H7F6N/c10-6-4(7(16)8(11)12)2-1-3-5(6)9(13,14)15/h1-3,7-8H,16H2. The van der Waals surface area contributed by atoms with Gasteiger partial charge in [-0.2, -0.15) is 13.2 Å². The van der Waals surface area contributed by atoms with E-state index in [-0.39, 0.29) is 0 Å². The van der Waals surface area contributed by atoms with Gasteiger partial charge >= 0.3 is 6.18 Å². The van der Waals surface area contributed by atoms with Gasteiger partial charge in [-0.05, 0) is 6.07 Å². The zero-order valence-electron chi connectivity index (χ0n) is 7.73.